The number of carbonyl (C=O) groups is 1. The number of hydrogen-bond donors (Lipinski definition) is 3. The van der Waals surface area contributed by atoms with E-state index in [1.807, 2.05) is 61.5 Å². The van der Waals surface area contributed by atoms with E-state index in [0.717, 1.165) is 11.1 Å². The van der Waals surface area contributed by atoms with E-state index in [4.69, 9.17) is 0 Å². The van der Waals surface area contributed by atoms with Crippen LogP contribution < -0.4 is 15.4 Å². The van der Waals surface area contributed by atoms with Gasteiger partial charge in [-0.05, 0) is 37.8 Å². The number of hydrogen-bond acceptors (Lipinski definition) is 4. The van der Waals surface area contributed by atoms with Crippen LogP contribution in [0, 0.1) is 0 Å². The van der Waals surface area contributed by atoms with E-state index in [1.165, 1.54) is 7.05 Å². The molecule has 2 aromatic carbocycles. The summed E-state index contributed by atoms with van der Waals surface area (Å²) in [6.07, 6.45) is 0. The number of nitrogens with one attached hydrogen (secondary N) is 3. The van der Waals surface area contributed by atoms with Crippen LogP contribution in [-0.4, -0.2) is 47.0 Å². The first kappa shape index (κ1) is 21.9. The Morgan fingerprint density at radius 1 is 1.00 bits per heavy atom. The van der Waals surface area contributed by atoms with Crippen molar-refractivity contribution in [2.24, 2.45) is 0 Å². The average Bonchev–Trinajstić information content (AvgIpc) is 2.67. The fourth-order valence-electron chi connectivity index (χ4n) is 2.72. The molecule has 1 unspecified atom stereocenters. The smallest absolute Gasteiger partial charge is 0.315 e. The summed E-state index contributed by atoms with van der Waals surface area (Å²) in [7, 11) is 2.03. The van der Waals surface area contributed by atoms with Crippen LogP contribution in [0.2, 0.25) is 0 Å². The van der Waals surface area contributed by atoms with E-state index >= 15 is 0 Å². The zero-order chi connectivity index (χ0) is 20.6. The van der Waals surface area contributed by atoms with Crippen molar-refractivity contribution in [2.45, 2.75) is 18.3 Å². The molecule has 0 fully saturated rings. The zero-order valence-electron chi connectivity index (χ0n) is 16.5. The van der Waals surface area contributed by atoms with E-state index in [2.05, 4.69) is 15.4 Å². The first-order chi connectivity index (χ1) is 13.3. The quantitative estimate of drug-likeness (QED) is 0.595. The molecule has 2 aromatic rings. The van der Waals surface area contributed by atoms with Crippen molar-refractivity contribution in [3.63, 3.8) is 0 Å². The minimum absolute atomic E-state index is 0.0685. The van der Waals surface area contributed by atoms with Crippen LogP contribution in [0.3, 0.4) is 0 Å². The van der Waals surface area contributed by atoms with E-state index in [-0.39, 0.29) is 17.8 Å². The molecule has 0 radical (unpaired) electrons. The monoisotopic (exact) mass is 404 g/mol. The fourth-order valence-corrected chi connectivity index (χ4v) is 3.50. The lowest BCUT2D eigenvalue weighted by Crippen LogP contribution is -2.41. The number of carbonyl (C=O) groups excluding carboxylic acids is 1. The normalized spacial score (nSPS) is 12.6. The number of sulfonamides is 1. The van der Waals surface area contributed by atoms with E-state index in [9.17, 15) is 13.2 Å². The molecule has 0 aliphatic rings. The second kappa shape index (κ2) is 10.2. The van der Waals surface area contributed by atoms with Gasteiger partial charge in [0.2, 0.25) is 10.0 Å². The van der Waals surface area contributed by atoms with Crippen molar-refractivity contribution < 1.29 is 13.2 Å². The third kappa shape index (κ3) is 7.30. The number of rotatable bonds is 9. The number of nitrogens with zero attached hydrogens (tertiary/aromatic N) is 1. The molecule has 3 N–H and O–H groups in total. The lowest BCUT2D eigenvalue weighted by atomic mass is 10.1. The highest BCUT2D eigenvalue weighted by Crippen LogP contribution is 2.13. The number of benzene rings is 2. The minimum Gasteiger partial charge on any atom is -0.334 e. The van der Waals surface area contributed by atoms with Gasteiger partial charge in [0.1, 0.15) is 0 Å². The molecule has 7 nitrogen and oxygen atoms in total. The first-order valence-corrected chi connectivity index (χ1v) is 10.7. The average molecular weight is 405 g/mol. The van der Waals surface area contributed by atoms with Gasteiger partial charge in [-0.25, -0.2) is 17.9 Å². The molecule has 0 spiro atoms. The molecule has 2 amide bonds. The van der Waals surface area contributed by atoms with Crippen molar-refractivity contribution in [2.75, 3.05) is 27.7 Å². The SMILES string of the molecule is CNS(=O)(=O)Cc1ccc(CNC(=O)NC(CN(C)C)c2ccccc2)cc1. The molecule has 0 saturated heterocycles. The number of amides is 2. The maximum absolute atomic E-state index is 12.3. The van der Waals surface area contributed by atoms with E-state index < -0.39 is 10.0 Å². The van der Waals surface area contributed by atoms with Crippen molar-refractivity contribution in [1.29, 1.82) is 0 Å². The minimum atomic E-state index is -3.29. The Hall–Kier alpha value is -2.42. The van der Waals surface area contributed by atoms with Gasteiger partial charge in [0.15, 0.2) is 0 Å². The lowest BCUT2D eigenvalue weighted by molar-refractivity contribution is 0.232. The Bertz CT molecular complexity index is 853. The highest BCUT2D eigenvalue weighted by atomic mass is 32.2. The van der Waals surface area contributed by atoms with Gasteiger partial charge in [-0.15, -0.1) is 0 Å². The van der Waals surface area contributed by atoms with Crippen molar-refractivity contribution in [1.82, 2.24) is 20.3 Å². The predicted octanol–water partition coefficient (Wildman–Crippen LogP) is 1.84. The highest BCUT2D eigenvalue weighted by molar-refractivity contribution is 7.88. The van der Waals surface area contributed by atoms with Crippen molar-refractivity contribution in [3.05, 3.63) is 71.3 Å². The third-order valence-electron chi connectivity index (χ3n) is 4.20. The van der Waals surface area contributed by atoms with Gasteiger partial charge in [-0.1, -0.05) is 54.6 Å². The van der Waals surface area contributed by atoms with Crippen LogP contribution in [0.4, 0.5) is 4.79 Å². The van der Waals surface area contributed by atoms with Gasteiger partial charge in [0.25, 0.3) is 0 Å². The summed E-state index contributed by atoms with van der Waals surface area (Å²) in [5.41, 5.74) is 2.63. The Labute approximate surface area is 167 Å². The summed E-state index contributed by atoms with van der Waals surface area (Å²) in [6.45, 7) is 1.04. The standard InChI is InChI=1S/C20H28N4O3S/c1-21-28(26,27)15-17-11-9-16(10-12-17)13-22-20(25)23-19(14-24(2)3)18-7-5-4-6-8-18/h4-12,19,21H,13-15H2,1-3H3,(H2,22,23,25). The molecule has 8 heteroatoms. The van der Waals surface area contributed by atoms with Gasteiger partial charge in [-0.2, -0.15) is 0 Å². The molecule has 1 atom stereocenters. The third-order valence-corrected chi connectivity index (χ3v) is 5.53. The summed E-state index contributed by atoms with van der Waals surface area (Å²) in [4.78, 5) is 14.4. The summed E-state index contributed by atoms with van der Waals surface area (Å²) < 4.78 is 25.5. The number of likely N-dealkylation sites (N-methyl/N-ethyl adjacent to an activating group) is 1. The summed E-state index contributed by atoms with van der Waals surface area (Å²) >= 11 is 0. The zero-order valence-corrected chi connectivity index (χ0v) is 17.3. The summed E-state index contributed by atoms with van der Waals surface area (Å²) in [5, 5.41) is 5.86. The van der Waals surface area contributed by atoms with Crippen LogP contribution in [0.5, 0.6) is 0 Å². The largest absolute Gasteiger partial charge is 0.334 e. The predicted molar refractivity (Wildman–Crippen MR) is 111 cm³/mol. The molecule has 0 aliphatic carbocycles. The second-order valence-corrected chi connectivity index (χ2v) is 8.76. The van der Waals surface area contributed by atoms with E-state index in [0.29, 0.717) is 18.7 Å². The Kier molecular flexibility index (Phi) is 7.98. The molecule has 28 heavy (non-hydrogen) atoms. The van der Waals surface area contributed by atoms with Gasteiger partial charge in [0.05, 0.1) is 11.8 Å². The van der Waals surface area contributed by atoms with Crippen LogP contribution in [0.1, 0.15) is 22.7 Å². The van der Waals surface area contributed by atoms with Gasteiger partial charge < -0.3 is 15.5 Å². The molecular formula is C20H28N4O3S. The Balaban J connectivity index is 1.91. The van der Waals surface area contributed by atoms with Gasteiger partial charge >= 0.3 is 6.03 Å². The van der Waals surface area contributed by atoms with Crippen LogP contribution in [0.15, 0.2) is 54.6 Å². The second-order valence-electron chi connectivity index (χ2n) is 6.83. The molecule has 0 aliphatic heterocycles. The first-order valence-electron chi connectivity index (χ1n) is 9.02. The molecule has 0 aromatic heterocycles. The molecule has 152 valence electrons. The van der Waals surface area contributed by atoms with Crippen LogP contribution in [0.25, 0.3) is 0 Å². The molecule has 0 saturated carbocycles. The summed E-state index contributed by atoms with van der Waals surface area (Å²) in [5.74, 6) is -0.0685. The maximum Gasteiger partial charge on any atom is 0.315 e. The van der Waals surface area contributed by atoms with Gasteiger partial charge in [-0.3, -0.25) is 0 Å². The highest BCUT2D eigenvalue weighted by Gasteiger charge is 2.15. The maximum atomic E-state index is 12.3. The molecule has 0 heterocycles. The number of urea groups is 1. The molecule has 0 bridgehead atoms. The summed E-state index contributed by atoms with van der Waals surface area (Å²) in [6, 6.07) is 16.6. The Morgan fingerprint density at radius 2 is 1.61 bits per heavy atom. The van der Waals surface area contributed by atoms with Crippen LogP contribution >= 0.6 is 0 Å². The molecular weight excluding hydrogens is 376 g/mol. The van der Waals surface area contributed by atoms with Crippen molar-refractivity contribution >= 4 is 16.1 Å². The van der Waals surface area contributed by atoms with Gasteiger partial charge in [0, 0.05) is 13.1 Å². The Morgan fingerprint density at radius 3 is 2.18 bits per heavy atom. The topological polar surface area (TPSA) is 90.5 Å². The molecule has 2 rings (SSSR count). The van der Waals surface area contributed by atoms with Crippen molar-refractivity contribution in [3.8, 4) is 0 Å². The lowest BCUT2D eigenvalue weighted by Gasteiger charge is -2.23. The fraction of sp³-hybridized carbons (Fsp3) is 0.350. The van der Waals surface area contributed by atoms with E-state index in [1.54, 1.807) is 12.1 Å². The van der Waals surface area contributed by atoms with Crippen LogP contribution in [-0.2, 0) is 22.3 Å².